The first-order valence-electron chi connectivity index (χ1n) is 13.1. The van der Waals surface area contributed by atoms with Crippen molar-refractivity contribution >= 4 is 34.8 Å². The number of hydrogen-bond acceptors (Lipinski definition) is 13. The van der Waals surface area contributed by atoms with E-state index in [9.17, 15) is 24.0 Å². The molecule has 0 amide bonds. The maximum atomic E-state index is 13.3. The lowest BCUT2D eigenvalue weighted by Gasteiger charge is -2.43. The van der Waals surface area contributed by atoms with Gasteiger partial charge >= 0.3 is 23.9 Å². The third-order valence-electron chi connectivity index (χ3n) is 6.35. The van der Waals surface area contributed by atoms with Crippen LogP contribution >= 0.6 is 0 Å². The molecule has 43 heavy (non-hydrogen) atoms. The minimum Gasteiger partial charge on any atom is -0.497 e. The van der Waals surface area contributed by atoms with Crippen LogP contribution in [0.1, 0.15) is 27.7 Å². The van der Waals surface area contributed by atoms with Crippen molar-refractivity contribution in [2.24, 2.45) is 0 Å². The Kier molecular flexibility index (Phi) is 9.66. The fourth-order valence-electron chi connectivity index (χ4n) is 4.57. The topological polar surface area (TPSA) is 163 Å². The van der Waals surface area contributed by atoms with E-state index in [4.69, 9.17) is 37.6 Å². The monoisotopic (exact) mass is 598 g/mol. The predicted molar refractivity (Wildman–Crippen MR) is 147 cm³/mol. The summed E-state index contributed by atoms with van der Waals surface area (Å²) in [6, 6.07) is 11.3. The van der Waals surface area contributed by atoms with Gasteiger partial charge in [-0.25, -0.2) is 0 Å². The summed E-state index contributed by atoms with van der Waals surface area (Å²) in [4.78, 5) is 60.8. The lowest BCUT2D eigenvalue weighted by molar-refractivity contribution is -0.288. The summed E-state index contributed by atoms with van der Waals surface area (Å²) in [5.41, 5.74) is 0.869. The van der Waals surface area contributed by atoms with E-state index in [0.29, 0.717) is 16.9 Å². The van der Waals surface area contributed by atoms with E-state index in [2.05, 4.69) is 0 Å². The maximum Gasteiger partial charge on any atom is 0.303 e. The van der Waals surface area contributed by atoms with Crippen LogP contribution in [0.5, 0.6) is 11.5 Å². The molecular weight excluding hydrogens is 568 g/mol. The number of fused-ring (bicyclic) bond motifs is 1. The van der Waals surface area contributed by atoms with Crippen LogP contribution in [-0.2, 0) is 42.9 Å². The Morgan fingerprint density at radius 1 is 0.767 bits per heavy atom. The van der Waals surface area contributed by atoms with Crippen molar-refractivity contribution in [3.8, 4) is 22.6 Å². The number of methoxy groups -OCH3 is 1. The summed E-state index contributed by atoms with van der Waals surface area (Å²) >= 11 is 0. The zero-order chi connectivity index (χ0) is 31.3. The van der Waals surface area contributed by atoms with Gasteiger partial charge < -0.3 is 37.6 Å². The Bertz CT molecular complexity index is 1560. The fourth-order valence-corrected chi connectivity index (χ4v) is 4.57. The molecule has 2 aromatic carbocycles. The Labute approximate surface area is 245 Å². The average molecular weight is 599 g/mol. The van der Waals surface area contributed by atoms with Crippen LogP contribution < -0.4 is 14.9 Å². The van der Waals surface area contributed by atoms with E-state index in [1.165, 1.54) is 31.4 Å². The van der Waals surface area contributed by atoms with Crippen LogP contribution in [0.3, 0.4) is 0 Å². The molecule has 1 aliphatic heterocycles. The number of hydrogen-bond donors (Lipinski definition) is 0. The molecule has 1 aliphatic rings. The molecule has 0 bridgehead atoms. The molecule has 13 nitrogen and oxygen atoms in total. The van der Waals surface area contributed by atoms with Crippen molar-refractivity contribution in [1.82, 2.24) is 0 Å². The van der Waals surface area contributed by atoms with Crippen molar-refractivity contribution in [2.75, 3.05) is 13.7 Å². The first-order valence-corrected chi connectivity index (χ1v) is 13.1. The van der Waals surface area contributed by atoms with Crippen molar-refractivity contribution in [2.45, 2.75) is 58.4 Å². The Morgan fingerprint density at radius 2 is 1.37 bits per heavy atom. The van der Waals surface area contributed by atoms with Crippen molar-refractivity contribution in [3.63, 3.8) is 0 Å². The number of rotatable bonds is 9. The van der Waals surface area contributed by atoms with Crippen LogP contribution in [0.2, 0.25) is 0 Å². The van der Waals surface area contributed by atoms with Crippen LogP contribution in [0.4, 0.5) is 0 Å². The number of benzene rings is 2. The van der Waals surface area contributed by atoms with Gasteiger partial charge in [-0.05, 0) is 29.8 Å². The van der Waals surface area contributed by atoms with Gasteiger partial charge in [0.1, 0.15) is 36.1 Å². The summed E-state index contributed by atoms with van der Waals surface area (Å²) in [6.45, 7) is 4.14. The SMILES string of the molecule is COc1ccc(-c2coc3cc(O[C@@H]4O[C@@H](COC(C)=O)[C@H](OC(C)=O)[C@H](OC(C)=O)[C@@H]4OC(C)=O)ccc3c2=O)cc1. The van der Waals surface area contributed by atoms with E-state index >= 15 is 0 Å². The minimum absolute atomic E-state index is 0.133. The fraction of sp³-hybridized carbons (Fsp3) is 0.367. The normalized spacial score (nSPS) is 21.4. The third kappa shape index (κ3) is 7.49. The first kappa shape index (κ1) is 31.0. The van der Waals surface area contributed by atoms with Gasteiger partial charge in [0.25, 0.3) is 0 Å². The van der Waals surface area contributed by atoms with Crippen molar-refractivity contribution < 1.29 is 56.8 Å². The molecule has 4 rings (SSSR count). The standard InChI is InChI=1S/C30H30O13/c1-15(31)37-14-25-27(39-16(2)32)28(40-17(3)33)29(41-18(4)34)30(43-25)42-21-10-11-22-24(12-21)38-13-23(26(22)35)19-6-8-20(36-5)9-7-19/h6-13,25,27-30H,14H2,1-5H3/t25-,27-,28-,29-,30+/m0/s1. The summed E-state index contributed by atoms with van der Waals surface area (Å²) < 4.78 is 44.2. The maximum absolute atomic E-state index is 13.3. The van der Waals surface area contributed by atoms with Crippen LogP contribution in [0.25, 0.3) is 22.1 Å². The number of esters is 4. The summed E-state index contributed by atoms with van der Waals surface area (Å²) in [7, 11) is 1.54. The van der Waals surface area contributed by atoms with E-state index in [-0.39, 0.29) is 22.1 Å². The molecule has 1 aromatic heterocycles. The zero-order valence-electron chi connectivity index (χ0n) is 24.0. The molecule has 1 fully saturated rings. The molecule has 0 N–H and O–H groups in total. The molecule has 3 aromatic rings. The highest BCUT2D eigenvalue weighted by Gasteiger charge is 2.53. The second kappa shape index (κ2) is 13.4. The van der Waals surface area contributed by atoms with Gasteiger partial charge in [0.15, 0.2) is 17.6 Å². The molecule has 13 heteroatoms. The molecule has 0 aliphatic carbocycles. The largest absolute Gasteiger partial charge is 0.497 e. The molecule has 2 heterocycles. The van der Waals surface area contributed by atoms with Crippen molar-refractivity contribution in [1.29, 1.82) is 0 Å². The number of carbonyl (C=O) groups excluding carboxylic acids is 4. The van der Waals surface area contributed by atoms with Gasteiger partial charge in [-0.2, -0.15) is 0 Å². The van der Waals surface area contributed by atoms with Gasteiger partial charge in [0.05, 0.1) is 18.1 Å². The van der Waals surface area contributed by atoms with Crippen LogP contribution in [0, 0.1) is 0 Å². The molecule has 5 atom stereocenters. The quantitative estimate of drug-likeness (QED) is 0.261. The van der Waals surface area contributed by atoms with E-state index in [1.807, 2.05) is 0 Å². The highest BCUT2D eigenvalue weighted by atomic mass is 16.7. The summed E-state index contributed by atoms with van der Waals surface area (Å²) in [6.07, 6.45) is -5.43. The highest BCUT2D eigenvalue weighted by molar-refractivity contribution is 5.82. The van der Waals surface area contributed by atoms with E-state index in [1.54, 1.807) is 31.4 Å². The third-order valence-corrected chi connectivity index (χ3v) is 6.35. The molecule has 0 radical (unpaired) electrons. The number of carbonyl (C=O) groups is 4. The molecular formula is C30H30O13. The van der Waals surface area contributed by atoms with E-state index in [0.717, 1.165) is 20.8 Å². The van der Waals surface area contributed by atoms with E-state index < -0.39 is 61.2 Å². The molecule has 0 unspecified atom stereocenters. The van der Waals surface area contributed by atoms with Gasteiger partial charge in [-0.15, -0.1) is 0 Å². The Morgan fingerprint density at radius 3 is 1.98 bits per heavy atom. The summed E-state index contributed by atoms with van der Waals surface area (Å²) in [5.74, 6) is -2.17. The zero-order valence-corrected chi connectivity index (χ0v) is 24.0. The van der Waals surface area contributed by atoms with Gasteiger partial charge in [0, 0.05) is 33.8 Å². The second-order valence-electron chi connectivity index (χ2n) is 9.55. The smallest absolute Gasteiger partial charge is 0.303 e. The molecule has 0 spiro atoms. The first-order chi connectivity index (χ1) is 20.5. The van der Waals surface area contributed by atoms with Gasteiger partial charge in [-0.3, -0.25) is 24.0 Å². The second-order valence-corrected chi connectivity index (χ2v) is 9.55. The lowest BCUT2D eigenvalue weighted by Crippen LogP contribution is -2.63. The predicted octanol–water partition coefficient (Wildman–Crippen LogP) is 2.93. The highest BCUT2D eigenvalue weighted by Crippen LogP contribution is 2.32. The Hall–Kier alpha value is -4.91. The van der Waals surface area contributed by atoms with Gasteiger partial charge in [0.2, 0.25) is 12.4 Å². The number of ether oxygens (including phenoxy) is 7. The van der Waals surface area contributed by atoms with Gasteiger partial charge in [-0.1, -0.05) is 12.1 Å². The van der Waals surface area contributed by atoms with Crippen LogP contribution in [-0.4, -0.2) is 68.3 Å². The lowest BCUT2D eigenvalue weighted by atomic mass is 9.98. The molecule has 228 valence electrons. The molecule has 0 saturated carbocycles. The van der Waals surface area contributed by atoms with Crippen molar-refractivity contribution in [3.05, 3.63) is 59.0 Å². The minimum atomic E-state index is -1.44. The molecule has 1 saturated heterocycles. The Balaban J connectivity index is 1.69. The average Bonchev–Trinajstić information content (AvgIpc) is 2.94. The van der Waals surface area contributed by atoms with Crippen LogP contribution in [0.15, 0.2) is 57.9 Å². The summed E-state index contributed by atoms with van der Waals surface area (Å²) in [5, 5.41) is 0.266.